The minimum atomic E-state index is -0.194. The van der Waals surface area contributed by atoms with E-state index < -0.39 is 0 Å². The van der Waals surface area contributed by atoms with E-state index in [2.05, 4.69) is 41.2 Å². The molecule has 0 saturated carbocycles. The third kappa shape index (κ3) is 2.13. The van der Waals surface area contributed by atoms with E-state index in [1.54, 1.807) is 6.20 Å². The molecular formula is C15H17N3O. The van der Waals surface area contributed by atoms with E-state index in [-0.39, 0.29) is 5.41 Å². The molecule has 1 aromatic carbocycles. The van der Waals surface area contributed by atoms with Crippen LogP contribution in [0.2, 0.25) is 0 Å². The minimum absolute atomic E-state index is 0.194. The number of aryl methyl sites for hydroxylation is 1. The van der Waals surface area contributed by atoms with Gasteiger partial charge in [-0.05, 0) is 13.0 Å². The van der Waals surface area contributed by atoms with Crippen molar-refractivity contribution in [2.75, 3.05) is 19.8 Å². The summed E-state index contributed by atoms with van der Waals surface area (Å²) in [5, 5.41) is 0. The number of aromatic nitrogens is 2. The van der Waals surface area contributed by atoms with Crippen molar-refractivity contribution in [2.24, 2.45) is 5.73 Å². The molecule has 1 saturated heterocycles. The largest absolute Gasteiger partial charge is 0.379 e. The zero-order valence-corrected chi connectivity index (χ0v) is 11.0. The van der Waals surface area contributed by atoms with Crippen molar-refractivity contribution in [2.45, 2.75) is 12.3 Å². The second-order valence-electron chi connectivity index (χ2n) is 5.11. The molecular weight excluding hydrogens is 238 g/mol. The van der Waals surface area contributed by atoms with Gasteiger partial charge in [0.25, 0.3) is 0 Å². The molecule has 0 radical (unpaired) electrons. The summed E-state index contributed by atoms with van der Waals surface area (Å²) in [6, 6.07) is 10.3. The first-order valence-electron chi connectivity index (χ1n) is 6.42. The van der Waals surface area contributed by atoms with E-state index in [4.69, 9.17) is 10.5 Å². The summed E-state index contributed by atoms with van der Waals surface area (Å²) < 4.78 is 5.28. The van der Waals surface area contributed by atoms with E-state index in [9.17, 15) is 0 Å². The van der Waals surface area contributed by atoms with Crippen LogP contribution in [0.15, 0.2) is 36.5 Å². The SMILES string of the molecule is Cc1ccc(-c2ccnc(C3(CN)COC3)n2)cc1. The van der Waals surface area contributed by atoms with Crippen LogP contribution in [0, 0.1) is 6.92 Å². The Hall–Kier alpha value is -1.78. The molecule has 2 N–H and O–H groups in total. The summed E-state index contributed by atoms with van der Waals surface area (Å²) >= 11 is 0. The number of hydrogen-bond acceptors (Lipinski definition) is 4. The molecule has 0 aliphatic carbocycles. The summed E-state index contributed by atoms with van der Waals surface area (Å²) in [6.07, 6.45) is 1.80. The highest BCUT2D eigenvalue weighted by atomic mass is 16.5. The van der Waals surface area contributed by atoms with E-state index in [1.165, 1.54) is 5.56 Å². The topological polar surface area (TPSA) is 61.0 Å². The molecule has 0 atom stereocenters. The van der Waals surface area contributed by atoms with Crippen LogP contribution in [-0.4, -0.2) is 29.7 Å². The van der Waals surface area contributed by atoms with Crippen LogP contribution in [0.25, 0.3) is 11.3 Å². The van der Waals surface area contributed by atoms with Gasteiger partial charge in [0.1, 0.15) is 5.82 Å². The van der Waals surface area contributed by atoms with Crippen molar-refractivity contribution in [1.29, 1.82) is 0 Å². The average Bonchev–Trinajstić information content (AvgIpc) is 2.39. The molecule has 2 heterocycles. The Kier molecular flexibility index (Phi) is 3.05. The van der Waals surface area contributed by atoms with Crippen molar-refractivity contribution in [3.05, 3.63) is 47.9 Å². The van der Waals surface area contributed by atoms with Crippen molar-refractivity contribution in [1.82, 2.24) is 9.97 Å². The maximum absolute atomic E-state index is 5.85. The Balaban J connectivity index is 1.98. The quantitative estimate of drug-likeness (QED) is 0.906. The van der Waals surface area contributed by atoms with Gasteiger partial charge in [0.05, 0.1) is 24.3 Å². The van der Waals surface area contributed by atoms with Gasteiger partial charge in [-0.2, -0.15) is 0 Å². The first-order chi connectivity index (χ1) is 9.23. The van der Waals surface area contributed by atoms with Gasteiger partial charge < -0.3 is 10.5 Å². The van der Waals surface area contributed by atoms with E-state index in [1.807, 2.05) is 6.07 Å². The Morgan fingerprint density at radius 2 is 1.95 bits per heavy atom. The number of nitrogens with zero attached hydrogens (tertiary/aromatic N) is 2. The Morgan fingerprint density at radius 1 is 1.21 bits per heavy atom. The molecule has 0 bridgehead atoms. The third-order valence-electron chi connectivity index (χ3n) is 3.62. The lowest BCUT2D eigenvalue weighted by atomic mass is 9.85. The lowest BCUT2D eigenvalue weighted by Gasteiger charge is -2.38. The van der Waals surface area contributed by atoms with Gasteiger partial charge in [-0.1, -0.05) is 29.8 Å². The molecule has 98 valence electrons. The summed E-state index contributed by atoms with van der Waals surface area (Å²) in [5.74, 6) is 0.791. The summed E-state index contributed by atoms with van der Waals surface area (Å²) in [7, 11) is 0. The van der Waals surface area contributed by atoms with Gasteiger partial charge in [0, 0.05) is 18.3 Å². The third-order valence-corrected chi connectivity index (χ3v) is 3.62. The van der Waals surface area contributed by atoms with Crippen LogP contribution in [-0.2, 0) is 10.2 Å². The molecule has 0 spiro atoms. The summed E-state index contributed by atoms with van der Waals surface area (Å²) in [5.41, 5.74) is 8.93. The molecule has 19 heavy (non-hydrogen) atoms. The smallest absolute Gasteiger partial charge is 0.141 e. The molecule has 1 aliphatic heterocycles. The number of nitrogens with two attached hydrogens (primary N) is 1. The van der Waals surface area contributed by atoms with Crippen LogP contribution in [0.5, 0.6) is 0 Å². The van der Waals surface area contributed by atoms with Gasteiger partial charge in [0.15, 0.2) is 0 Å². The Morgan fingerprint density at radius 3 is 2.53 bits per heavy atom. The minimum Gasteiger partial charge on any atom is -0.379 e. The lowest BCUT2D eigenvalue weighted by Crippen LogP contribution is -2.53. The Labute approximate surface area is 112 Å². The number of benzene rings is 1. The molecule has 1 aliphatic rings. The van der Waals surface area contributed by atoms with E-state index in [0.29, 0.717) is 19.8 Å². The normalized spacial score (nSPS) is 16.9. The first kappa shape index (κ1) is 12.3. The van der Waals surface area contributed by atoms with Crippen LogP contribution in [0.1, 0.15) is 11.4 Å². The zero-order valence-electron chi connectivity index (χ0n) is 11.0. The van der Waals surface area contributed by atoms with Gasteiger partial charge in [-0.15, -0.1) is 0 Å². The van der Waals surface area contributed by atoms with Gasteiger partial charge in [0.2, 0.25) is 0 Å². The molecule has 1 fully saturated rings. The fourth-order valence-electron chi connectivity index (χ4n) is 2.19. The highest BCUT2D eigenvalue weighted by Crippen LogP contribution is 2.29. The van der Waals surface area contributed by atoms with Crippen molar-refractivity contribution in [3.8, 4) is 11.3 Å². The zero-order chi connectivity index (χ0) is 13.3. The fraction of sp³-hybridized carbons (Fsp3) is 0.333. The summed E-state index contributed by atoms with van der Waals surface area (Å²) in [4.78, 5) is 9.04. The maximum atomic E-state index is 5.85. The van der Waals surface area contributed by atoms with Crippen LogP contribution < -0.4 is 5.73 Å². The number of rotatable bonds is 3. The highest BCUT2D eigenvalue weighted by Gasteiger charge is 2.42. The average molecular weight is 255 g/mol. The van der Waals surface area contributed by atoms with Gasteiger partial charge >= 0.3 is 0 Å². The molecule has 4 nitrogen and oxygen atoms in total. The van der Waals surface area contributed by atoms with Crippen LogP contribution >= 0.6 is 0 Å². The lowest BCUT2D eigenvalue weighted by molar-refractivity contribution is -0.0593. The second kappa shape index (κ2) is 4.72. The van der Waals surface area contributed by atoms with Gasteiger partial charge in [-0.25, -0.2) is 9.97 Å². The molecule has 0 unspecified atom stereocenters. The predicted octanol–water partition coefficient (Wildman–Crippen LogP) is 1.68. The highest BCUT2D eigenvalue weighted by molar-refractivity contribution is 5.59. The fourth-order valence-corrected chi connectivity index (χ4v) is 2.19. The first-order valence-corrected chi connectivity index (χ1v) is 6.42. The van der Waals surface area contributed by atoms with Crippen molar-refractivity contribution >= 4 is 0 Å². The summed E-state index contributed by atoms with van der Waals surface area (Å²) in [6.45, 7) is 3.82. The van der Waals surface area contributed by atoms with E-state index in [0.717, 1.165) is 17.1 Å². The molecule has 4 heteroatoms. The van der Waals surface area contributed by atoms with Crippen molar-refractivity contribution < 1.29 is 4.74 Å². The Bertz CT molecular complexity index is 571. The van der Waals surface area contributed by atoms with Crippen LogP contribution in [0.4, 0.5) is 0 Å². The molecule has 0 amide bonds. The monoisotopic (exact) mass is 255 g/mol. The number of ether oxygens (including phenoxy) is 1. The van der Waals surface area contributed by atoms with Crippen LogP contribution in [0.3, 0.4) is 0 Å². The van der Waals surface area contributed by atoms with Crippen molar-refractivity contribution in [3.63, 3.8) is 0 Å². The molecule has 1 aromatic heterocycles. The predicted molar refractivity (Wildman–Crippen MR) is 73.8 cm³/mol. The van der Waals surface area contributed by atoms with Gasteiger partial charge in [-0.3, -0.25) is 0 Å². The molecule has 3 rings (SSSR count). The standard InChI is InChI=1S/C15H17N3O/c1-11-2-4-12(5-3-11)13-6-7-17-14(18-13)15(8-16)9-19-10-15/h2-7H,8-10,16H2,1H3. The molecule has 2 aromatic rings. The second-order valence-corrected chi connectivity index (χ2v) is 5.11. The number of hydrogen-bond donors (Lipinski definition) is 1. The maximum Gasteiger partial charge on any atom is 0.141 e. The van der Waals surface area contributed by atoms with E-state index >= 15 is 0 Å².